The lowest BCUT2D eigenvalue weighted by atomic mass is 9.97. The number of nitrogens with zero attached hydrogens (tertiary/aromatic N) is 3. The van der Waals surface area contributed by atoms with Crippen molar-refractivity contribution in [2.45, 2.75) is 6.42 Å². The SMILES string of the molecule is Cl.Clc1ccc(N2CC=C(c3ccc4ccccc4c3)CC2)nn1.O. The van der Waals surface area contributed by atoms with Crippen LogP contribution in [0.2, 0.25) is 5.15 Å². The molecule has 130 valence electrons. The third-order valence-electron chi connectivity index (χ3n) is 4.27. The standard InChI is InChI=1S/C19H16ClN3.ClH.H2O/c20-18-7-8-19(22-21-18)23-11-9-15(10-12-23)17-6-5-14-3-1-2-4-16(14)13-17;;/h1-9,13H,10-12H2;1H;1H2. The fourth-order valence-corrected chi connectivity index (χ4v) is 3.11. The maximum atomic E-state index is 5.80. The molecule has 0 spiro atoms. The molecule has 0 aliphatic carbocycles. The van der Waals surface area contributed by atoms with Gasteiger partial charge in [0.2, 0.25) is 0 Å². The second-order valence-electron chi connectivity index (χ2n) is 5.70. The largest absolute Gasteiger partial charge is 0.412 e. The Hall–Kier alpha value is -2.14. The molecule has 0 fully saturated rings. The fourth-order valence-electron chi connectivity index (χ4n) is 3.01. The van der Waals surface area contributed by atoms with E-state index in [0.29, 0.717) is 5.15 Å². The first-order valence-corrected chi connectivity index (χ1v) is 8.10. The van der Waals surface area contributed by atoms with Crippen LogP contribution in [-0.4, -0.2) is 28.8 Å². The number of fused-ring (bicyclic) bond motifs is 1. The number of halogens is 2. The van der Waals surface area contributed by atoms with Crippen LogP contribution in [0.5, 0.6) is 0 Å². The highest BCUT2D eigenvalue weighted by Crippen LogP contribution is 2.27. The maximum absolute atomic E-state index is 5.80. The number of hydrogen-bond donors (Lipinski definition) is 0. The summed E-state index contributed by atoms with van der Waals surface area (Å²) in [6.07, 6.45) is 3.28. The van der Waals surface area contributed by atoms with Gasteiger partial charge in [-0.3, -0.25) is 0 Å². The summed E-state index contributed by atoms with van der Waals surface area (Å²) >= 11 is 5.80. The minimum Gasteiger partial charge on any atom is -0.412 e. The van der Waals surface area contributed by atoms with Crippen molar-refractivity contribution in [2.75, 3.05) is 18.0 Å². The average molecular weight is 376 g/mol. The summed E-state index contributed by atoms with van der Waals surface area (Å²) in [5.74, 6) is 0.878. The zero-order valence-corrected chi connectivity index (χ0v) is 15.1. The van der Waals surface area contributed by atoms with E-state index in [1.807, 2.05) is 6.07 Å². The van der Waals surface area contributed by atoms with E-state index in [9.17, 15) is 0 Å². The Morgan fingerprint density at radius 2 is 1.72 bits per heavy atom. The minimum absolute atomic E-state index is 0. The molecular weight excluding hydrogens is 357 g/mol. The van der Waals surface area contributed by atoms with Crippen LogP contribution in [0.15, 0.2) is 60.7 Å². The predicted molar refractivity (Wildman–Crippen MR) is 107 cm³/mol. The molecule has 0 saturated heterocycles. The van der Waals surface area contributed by atoms with E-state index in [4.69, 9.17) is 11.6 Å². The van der Waals surface area contributed by atoms with E-state index >= 15 is 0 Å². The van der Waals surface area contributed by atoms with Crippen molar-refractivity contribution in [3.63, 3.8) is 0 Å². The van der Waals surface area contributed by atoms with E-state index in [2.05, 4.69) is 63.6 Å². The number of hydrogen-bond acceptors (Lipinski definition) is 3. The Bertz CT molecular complexity index is 881. The summed E-state index contributed by atoms with van der Waals surface area (Å²) < 4.78 is 0. The van der Waals surface area contributed by atoms with E-state index in [1.165, 1.54) is 21.9 Å². The molecule has 25 heavy (non-hydrogen) atoms. The van der Waals surface area contributed by atoms with Gasteiger partial charge in [-0.1, -0.05) is 54.1 Å². The Kier molecular flexibility index (Phi) is 6.37. The average Bonchev–Trinajstić information content (AvgIpc) is 2.62. The molecule has 4 rings (SSSR count). The predicted octanol–water partition coefficient (Wildman–Crippen LogP) is 4.17. The summed E-state index contributed by atoms with van der Waals surface area (Å²) in [5.41, 5.74) is 2.71. The fraction of sp³-hybridized carbons (Fsp3) is 0.158. The molecule has 6 heteroatoms. The molecule has 4 nitrogen and oxygen atoms in total. The summed E-state index contributed by atoms with van der Waals surface area (Å²) in [5, 5.41) is 11.1. The molecule has 2 aromatic carbocycles. The van der Waals surface area contributed by atoms with Gasteiger partial charge < -0.3 is 10.4 Å². The molecule has 0 amide bonds. The highest BCUT2D eigenvalue weighted by molar-refractivity contribution is 6.29. The summed E-state index contributed by atoms with van der Waals surface area (Å²) in [4.78, 5) is 2.22. The Balaban J connectivity index is 0.00000113. The molecule has 2 N–H and O–H groups in total. The molecule has 0 radical (unpaired) electrons. The zero-order valence-electron chi connectivity index (χ0n) is 13.5. The van der Waals surface area contributed by atoms with Crippen molar-refractivity contribution < 1.29 is 5.48 Å². The van der Waals surface area contributed by atoms with Gasteiger partial charge in [0.1, 0.15) is 0 Å². The van der Waals surface area contributed by atoms with Crippen LogP contribution in [0.3, 0.4) is 0 Å². The molecule has 2 heterocycles. The number of benzene rings is 2. The van der Waals surface area contributed by atoms with Crippen molar-refractivity contribution in [3.05, 3.63) is 71.4 Å². The zero-order chi connectivity index (χ0) is 15.6. The molecule has 0 saturated carbocycles. The van der Waals surface area contributed by atoms with Crippen molar-refractivity contribution in [2.24, 2.45) is 0 Å². The Morgan fingerprint density at radius 1 is 0.920 bits per heavy atom. The molecule has 1 aliphatic rings. The van der Waals surface area contributed by atoms with Gasteiger partial charge in [0.05, 0.1) is 0 Å². The van der Waals surface area contributed by atoms with Crippen LogP contribution in [0.25, 0.3) is 16.3 Å². The highest BCUT2D eigenvalue weighted by atomic mass is 35.5. The molecule has 1 aliphatic heterocycles. The second-order valence-corrected chi connectivity index (χ2v) is 6.09. The van der Waals surface area contributed by atoms with Crippen LogP contribution in [0.4, 0.5) is 5.82 Å². The first kappa shape index (κ1) is 19.2. The highest BCUT2D eigenvalue weighted by Gasteiger charge is 2.15. The maximum Gasteiger partial charge on any atom is 0.151 e. The van der Waals surface area contributed by atoms with Gasteiger partial charge in [0.25, 0.3) is 0 Å². The van der Waals surface area contributed by atoms with E-state index in [-0.39, 0.29) is 17.9 Å². The first-order valence-electron chi connectivity index (χ1n) is 7.72. The van der Waals surface area contributed by atoms with Crippen molar-refractivity contribution in [1.82, 2.24) is 10.2 Å². The van der Waals surface area contributed by atoms with Crippen molar-refractivity contribution in [1.29, 1.82) is 0 Å². The molecular formula is C19H19Cl2N3O. The van der Waals surface area contributed by atoms with E-state index in [1.54, 1.807) is 6.07 Å². The number of anilines is 1. The third-order valence-corrected chi connectivity index (χ3v) is 4.47. The van der Waals surface area contributed by atoms with E-state index < -0.39 is 0 Å². The normalized spacial score (nSPS) is 13.6. The first-order chi connectivity index (χ1) is 11.3. The van der Waals surface area contributed by atoms with Crippen LogP contribution >= 0.6 is 24.0 Å². The summed E-state index contributed by atoms with van der Waals surface area (Å²) in [6.45, 7) is 1.79. The molecule has 1 aromatic heterocycles. The minimum atomic E-state index is 0. The van der Waals surface area contributed by atoms with Crippen LogP contribution in [0, 0.1) is 0 Å². The molecule has 0 unspecified atom stereocenters. The molecule has 0 atom stereocenters. The van der Waals surface area contributed by atoms with Gasteiger partial charge in [0, 0.05) is 13.1 Å². The summed E-state index contributed by atoms with van der Waals surface area (Å²) in [6, 6.07) is 18.9. The number of rotatable bonds is 2. The quantitative estimate of drug-likeness (QED) is 0.674. The monoisotopic (exact) mass is 375 g/mol. The Morgan fingerprint density at radius 3 is 2.40 bits per heavy atom. The van der Waals surface area contributed by atoms with Gasteiger partial charge in [0.15, 0.2) is 11.0 Å². The Labute approximate surface area is 157 Å². The lowest BCUT2D eigenvalue weighted by molar-refractivity contribution is 0.800. The van der Waals surface area contributed by atoms with Crippen LogP contribution in [-0.2, 0) is 0 Å². The van der Waals surface area contributed by atoms with Gasteiger partial charge in [-0.25, -0.2) is 0 Å². The van der Waals surface area contributed by atoms with Gasteiger partial charge >= 0.3 is 0 Å². The van der Waals surface area contributed by atoms with Crippen LogP contribution < -0.4 is 4.90 Å². The van der Waals surface area contributed by atoms with Gasteiger partial charge in [-0.2, -0.15) is 0 Å². The van der Waals surface area contributed by atoms with E-state index in [0.717, 1.165) is 25.3 Å². The summed E-state index contributed by atoms with van der Waals surface area (Å²) in [7, 11) is 0. The number of aromatic nitrogens is 2. The molecule has 3 aromatic rings. The van der Waals surface area contributed by atoms with Crippen molar-refractivity contribution >= 4 is 46.2 Å². The smallest absolute Gasteiger partial charge is 0.151 e. The topological polar surface area (TPSA) is 60.5 Å². The lowest BCUT2D eigenvalue weighted by Gasteiger charge is -2.27. The van der Waals surface area contributed by atoms with Gasteiger partial charge in [-0.05, 0) is 46.5 Å². The van der Waals surface area contributed by atoms with Crippen LogP contribution in [0.1, 0.15) is 12.0 Å². The lowest BCUT2D eigenvalue weighted by Crippen LogP contribution is -2.29. The van der Waals surface area contributed by atoms with Crippen molar-refractivity contribution in [3.8, 4) is 0 Å². The van der Waals surface area contributed by atoms with Gasteiger partial charge in [-0.15, -0.1) is 22.6 Å². The molecule has 0 bridgehead atoms. The third kappa shape index (κ3) is 4.10. The second kappa shape index (κ2) is 8.30.